The summed E-state index contributed by atoms with van der Waals surface area (Å²) in [7, 11) is 3.04. The maximum Gasteiger partial charge on any atom is 0.302 e. The van der Waals surface area contributed by atoms with Gasteiger partial charge >= 0.3 is 5.97 Å². The third-order valence-corrected chi connectivity index (χ3v) is 3.75. The van der Waals surface area contributed by atoms with Crippen molar-refractivity contribution in [3.05, 3.63) is 46.1 Å². The van der Waals surface area contributed by atoms with E-state index in [1.54, 1.807) is 37.4 Å². The fraction of sp³-hybridized carbons (Fsp3) is 0.222. The van der Waals surface area contributed by atoms with Crippen LogP contribution >= 0.6 is 0 Å². The summed E-state index contributed by atoms with van der Waals surface area (Å²) in [5.74, 6) is 0.617. The van der Waals surface area contributed by atoms with Crippen molar-refractivity contribution in [2.45, 2.75) is 13.5 Å². The number of rotatable bonds is 4. The molecule has 0 aliphatic heterocycles. The van der Waals surface area contributed by atoms with Gasteiger partial charge in [-0.1, -0.05) is 0 Å². The Morgan fingerprint density at radius 3 is 2.54 bits per heavy atom. The van der Waals surface area contributed by atoms with Crippen molar-refractivity contribution in [3.63, 3.8) is 0 Å². The number of esters is 1. The van der Waals surface area contributed by atoms with Gasteiger partial charge in [-0.15, -0.1) is 0 Å². The summed E-state index contributed by atoms with van der Waals surface area (Å²) in [6.07, 6.45) is 0. The van der Waals surface area contributed by atoms with E-state index in [2.05, 4.69) is 0 Å². The molecule has 0 fully saturated rings. The van der Waals surface area contributed by atoms with Crippen LogP contribution in [-0.2, 0) is 16.1 Å². The van der Waals surface area contributed by atoms with Crippen LogP contribution in [0, 0.1) is 0 Å². The summed E-state index contributed by atoms with van der Waals surface area (Å²) in [6.45, 7) is 1.24. The second-order valence-electron chi connectivity index (χ2n) is 5.19. The molecular weight excluding hydrogens is 312 g/mol. The maximum atomic E-state index is 12.9. The van der Waals surface area contributed by atoms with Crippen LogP contribution in [0.3, 0.4) is 0 Å². The number of hydrogen-bond acceptors (Lipinski definition) is 6. The number of methoxy groups -OCH3 is 2. The van der Waals surface area contributed by atoms with Crippen LogP contribution in [0.25, 0.3) is 21.9 Å². The number of ether oxygens (including phenoxy) is 3. The van der Waals surface area contributed by atoms with E-state index in [0.29, 0.717) is 39.0 Å². The van der Waals surface area contributed by atoms with Gasteiger partial charge in [0, 0.05) is 18.6 Å². The van der Waals surface area contributed by atoms with Crippen LogP contribution in [0.15, 0.2) is 39.5 Å². The molecule has 0 aliphatic carbocycles. The minimum Gasteiger partial charge on any atom is -0.497 e. The van der Waals surface area contributed by atoms with Crippen molar-refractivity contribution >= 4 is 27.9 Å². The summed E-state index contributed by atoms with van der Waals surface area (Å²) in [5, 5.41) is 0.758. The van der Waals surface area contributed by atoms with Gasteiger partial charge in [-0.3, -0.25) is 9.59 Å². The molecule has 0 N–H and O–H groups in total. The van der Waals surface area contributed by atoms with E-state index >= 15 is 0 Å². The Morgan fingerprint density at radius 2 is 1.88 bits per heavy atom. The van der Waals surface area contributed by atoms with Crippen LogP contribution in [0.2, 0.25) is 0 Å². The van der Waals surface area contributed by atoms with Crippen LogP contribution in [0.1, 0.15) is 12.5 Å². The van der Waals surface area contributed by atoms with E-state index in [-0.39, 0.29) is 12.0 Å². The van der Waals surface area contributed by atoms with E-state index < -0.39 is 5.97 Å². The lowest BCUT2D eigenvalue weighted by Gasteiger charge is -2.12. The predicted octanol–water partition coefficient (Wildman–Crippen LogP) is 3.03. The van der Waals surface area contributed by atoms with Gasteiger partial charge in [0.15, 0.2) is 0 Å². The van der Waals surface area contributed by atoms with Crippen molar-refractivity contribution < 1.29 is 23.4 Å². The molecule has 0 unspecified atom stereocenters. The molecule has 124 valence electrons. The van der Waals surface area contributed by atoms with Gasteiger partial charge in [0.2, 0.25) is 5.43 Å². The lowest BCUT2D eigenvalue weighted by atomic mass is 10.1. The Hall–Kier alpha value is -3.02. The Labute approximate surface area is 137 Å². The normalized spacial score (nSPS) is 10.8. The molecule has 0 spiro atoms. The molecule has 0 saturated heterocycles. The van der Waals surface area contributed by atoms with Gasteiger partial charge < -0.3 is 18.6 Å². The maximum absolute atomic E-state index is 12.9. The molecule has 0 atom stereocenters. The molecule has 3 rings (SSSR count). The monoisotopic (exact) mass is 328 g/mol. The molecule has 6 heteroatoms. The number of carbonyl (C=O) groups is 1. The van der Waals surface area contributed by atoms with E-state index in [0.717, 1.165) is 0 Å². The molecule has 0 bridgehead atoms. The third-order valence-electron chi connectivity index (χ3n) is 3.75. The van der Waals surface area contributed by atoms with Crippen molar-refractivity contribution in [2.75, 3.05) is 14.2 Å². The Balaban J connectivity index is 2.33. The highest BCUT2D eigenvalue weighted by Gasteiger charge is 2.17. The first-order chi connectivity index (χ1) is 11.5. The average Bonchev–Trinajstić information content (AvgIpc) is 2.58. The van der Waals surface area contributed by atoms with Crippen LogP contribution < -0.4 is 14.9 Å². The molecule has 0 aliphatic rings. The lowest BCUT2D eigenvalue weighted by molar-refractivity contribution is -0.142. The first kappa shape index (κ1) is 15.9. The smallest absolute Gasteiger partial charge is 0.302 e. The van der Waals surface area contributed by atoms with E-state index in [9.17, 15) is 9.59 Å². The molecule has 3 aromatic rings. The Bertz CT molecular complexity index is 986. The van der Waals surface area contributed by atoms with Crippen molar-refractivity contribution in [3.8, 4) is 11.5 Å². The van der Waals surface area contributed by atoms with Crippen LogP contribution in [0.4, 0.5) is 0 Å². The SMILES string of the molecule is COc1ccc2c(=O)c3c(COC(C)=O)c(OC)ccc3oc2c1. The first-order valence-electron chi connectivity index (χ1n) is 7.29. The highest BCUT2D eigenvalue weighted by molar-refractivity contribution is 5.93. The minimum atomic E-state index is -0.441. The zero-order chi connectivity index (χ0) is 17.3. The van der Waals surface area contributed by atoms with E-state index in [4.69, 9.17) is 18.6 Å². The average molecular weight is 328 g/mol. The van der Waals surface area contributed by atoms with Crippen molar-refractivity contribution in [2.24, 2.45) is 0 Å². The lowest BCUT2D eigenvalue weighted by Crippen LogP contribution is -2.09. The third kappa shape index (κ3) is 2.67. The molecule has 2 aromatic carbocycles. The topological polar surface area (TPSA) is 75.0 Å². The number of carbonyl (C=O) groups excluding carboxylic acids is 1. The van der Waals surface area contributed by atoms with Crippen molar-refractivity contribution in [1.29, 1.82) is 0 Å². The number of fused-ring (bicyclic) bond motifs is 2. The molecule has 1 heterocycles. The van der Waals surface area contributed by atoms with Gasteiger partial charge in [0.05, 0.1) is 25.0 Å². The van der Waals surface area contributed by atoms with Gasteiger partial charge in [-0.05, 0) is 24.3 Å². The Kier molecular flexibility index (Phi) is 4.12. The molecule has 1 aromatic heterocycles. The van der Waals surface area contributed by atoms with Gasteiger partial charge in [-0.2, -0.15) is 0 Å². The number of benzene rings is 2. The van der Waals surface area contributed by atoms with E-state index in [1.807, 2.05) is 0 Å². The summed E-state index contributed by atoms with van der Waals surface area (Å²) in [5.41, 5.74) is 1.09. The van der Waals surface area contributed by atoms with Gasteiger partial charge in [0.1, 0.15) is 29.3 Å². The molecule has 0 radical (unpaired) electrons. The second kappa shape index (κ2) is 6.23. The number of hydrogen-bond donors (Lipinski definition) is 0. The quantitative estimate of drug-likeness (QED) is 0.541. The molecule has 0 amide bonds. The summed E-state index contributed by atoms with van der Waals surface area (Å²) in [4.78, 5) is 24.1. The highest BCUT2D eigenvalue weighted by atomic mass is 16.5. The molecule has 0 saturated carbocycles. The van der Waals surface area contributed by atoms with Crippen LogP contribution in [-0.4, -0.2) is 20.2 Å². The fourth-order valence-electron chi connectivity index (χ4n) is 2.60. The van der Waals surface area contributed by atoms with Crippen molar-refractivity contribution in [1.82, 2.24) is 0 Å². The second-order valence-corrected chi connectivity index (χ2v) is 5.19. The summed E-state index contributed by atoms with van der Waals surface area (Å²) in [6, 6.07) is 8.33. The zero-order valence-electron chi connectivity index (χ0n) is 13.5. The van der Waals surface area contributed by atoms with Gasteiger partial charge in [-0.25, -0.2) is 0 Å². The Morgan fingerprint density at radius 1 is 1.08 bits per heavy atom. The van der Waals surface area contributed by atoms with Crippen LogP contribution in [0.5, 0.6) is 11.5 Å². The molecule has 6 nitrogen and oxygen atoms in total. The standard InChI is InChI=1S/C18H16O6/c1-10(19)23-9-13-14(22-3)6-7-15-17(13)18(20)12-5-4-11(21-2)8-16(12)24-15/h4-8H,9H2,1-3H3. The largest absolute Gasteiger partial charge is 0.497 e. The molecule has 24 heavy (non-hydrogen) atoms. The molecular formula is C18H16O6. The zero-order valence-corrected chi connectivity index (χ0v) is 13.5. The fourth-order valence-corrected chi connectivity index (χ4v) is 2.60. The summed E-state index contributed by atoms with van der Waals surface area (Å²) >= 11 is 0. The van der Waals surface area contributed by atoms with E-state index in [1.165, 1.54) is 14.0 Å². The highest BCUT2D eigenvalue weighted by Crippen LogP contribution is 2.30. The summed E-state index contributed by atoms with van der Waals surface area (Å²) < 4.78 is 21.4. The van der Waals surface area contributed by atoms with Gasteiger partial charge in [0.25, 0.3) is 0 Å². The predicted molar refractivity (Wildman–Crippen MR) is 88.6 cm³/mol. The minimum absolute atomic E-state index is 0.0672. The first-order valence-corrected chi connectivity index (χ1v) is 7.29.